The first-order valence-electron chi connectivity index (χ1n) is 9.35. The van der Waals surface area contributed by atoms with Gasteiger partial charge in [-0.2, -0.15) is 5.10 Å². The van der Waals surface area contributed by atoms with Crippen LogP contribution in [0, 0.1) is 0 Å². The average Bonchev–Trinajstić information content (AvgIpc) is 3.43. The van der Waals surface area contributed by atoms with Gasteiger partial charge in [-0.1, -0.05) is 12.8 Å². The molecule has 3 heterocycles. The lowest BCUT2D eigenvalue weighted by Crippen LogP contribution is -2.44. The third-order valence-electron chi connectivity index (χ3n) is 5.24. The van der Waals surface area contributed by atoms with Crippen molar-refractivity contribution in [2.75, 3.05) is 13.1 Å². The zero-order valence-electron chi connectivity index (χ0n) is 15.6. The summed E-state index contributed by atoms with van der Waals surface area (Å²) >= 11 is 1.38. The highest BCUT2D eigenvalue weighted by molar-refractivity contribution is 7.13. The molecule has 1 saturated carbocycles. The number of aryl methyl sites for hydroxylation is 1. The van der Waals surface area contributed by atoms with Crippen molar-refractivity contribution < 1.29 is 14.4 Å². The topological polar surface area (TPSA) is 109 Å². The molecule has 28 heavy (non-hydrogen) atoms. The number of aromatic nitrogens is 3. The Morgan fingerprint density at radius 3 is 2.86 bits per heavy atom. The van der Waals surface area contributed by atoms with Crippen LogP contribution in [-0.4, -0.2) is 56.1 Å². The molecule has 1 saturated heterocycles. The molecule has 0 bridgehead atoms. The first kappa shape index (κ1) is 18.6. The zero-order valence-corrected chi connectivity index (χ0v) is 16.4. The Kier molecular flexibility index (Phi) is 4.88. The number of carbonyl (C=O) groups excluding carboxylic acids is 3. The fraction of sp³-hybridized carbons (Fsp3) is 0.500. The molecule has 10 heteroatoms. The van der Waals surface area contributed by atoms with Gasteiger partial charge in [0.1, 0.15) is 16.2 Å². The van der Waals surface area contributed by atoms with Gasteiger partial charge in [0.05, 0.1) is 6.20 Å². The van der Waals surface area contributed by atoms with Crippen molar-refractivity contribution in [1.82, 2.24) is 30.3 Å². The molecule has 2 aromatic rings. The van der Waals surface area contributed by atoms with Crippen molar-refractivity contribution in [3.8, 4) is 10.6 Å². The molecule has 0 unspecified atom stereocenters. The molecule has 4 rings (SSSR count). The Morgan fingerprint density at radius 2 is 2.14 bits per heavy atom. The van der Waals surface area contributed by atoms with Crippen molar-refractivity contribution in [2.45, 2.75) is 37.6 Å². The van der Waals surface area contributed by atoms with E-state index in [2.05, 4.69) is 20.7 Å². The summed E-state index contributed by atoms with van der Waals surface area (Å²) in [6, 6.07) is -0.321. The van der Waals surface area contributed by atoms with E-state index in [0.29, 0.717) is 38.0 Å². The Bertz CT molecular complexity index is 914. The van der Waals surface area contributed by atoms with Gasteiger partial charge in [-0.15, -0.1) is 11.3 Å². The van der Waals surface area contributed by atoms with Crippen LogP contribution < -0.4 is 10.6 Å². The fourth-order valence-electron chi connectivity index (χ4n) is 3.77. The molecule has 2 N–H and O–H groups in total. The van der Waals surface area contributed by atoms with E-state index in [1.54, 1.807) is 16.3 Å². The van der Waals surface area contributed by atoms with Crippen molar-refractivity contribution in [2.24, 2.45) is 7.05 Å². The fourth-order valence-corrected chi connectivity index (χ4v) is 4.54. The molecule has 148 valence electrons. The highest BCUT2D eigenvalue weighted by Crippen LogP contribution is 2.35. The SMILES string of the molecule is Cn1cc(-c2nc(C(=O)NCCCN3C(=O)NC4(CCCC4)C3=O)cs2)cn1. The number of nitrogens with one attached hydrogen (secondary N) is 2. The van der Waals surface area contributed by atoms with Gasteiger partial charge in [-0.05, 0) is 19.3 Å². The number of imide groups is 1. The molecule has 4 amide bonds. The van der Waals surface area contributed by atoms with Gasteiger partial charge < -0.3 is 10.6 Å². The lowest BCUT2D eigenvalue weighted by atomic mass is 9.98. The number of hydrogen-bond acceptors (Lipinski definition) is 6. The molecule has 2 aliphatic rings. The summed E-state index contributed by atoms with van der Waals surface area (Å²) in [7, 11) is 1.82. The first-order valence-corrected chi connectivity index (χ1v) is 10.2. The highest BCUT2D eigenvalue weighted by Gasteiger charge is 2.51. The standard InChI is InChI=1S/C18H22N6O3S/c1-23-10-12(9-20-23)15-21-13(11-28-15)14(25)19-7-4-8-24-16(26)18(22-17(24)27)5-2-3-6-18/h9-11H,2-8H2,1H3,(H,19,25)(H,22,27). The van der Waals surface area contributed by atoms with Crippen LogP contribution in [0.15, 0.2) is 17.8 Å². The number of amides is 4. The number of thiazole rings is 1. The summed E-state index contributed by atoms with van der Waals surface area (Å²) in [4.78, 5) is 42.6. The van der Waals surface area contributed by atoms with Crippen LogP contribution in [-0.2, 0) is 11.8 Å². The van der Waals surface area contributed by atoms with Crippen molar-refractivity contribution in [1.29, 1.82) is 0 Å². The monoisotopic (exact) mass is 402 g/mol. The maximum atomic E-state index is 12.6. The lowest BCUT2D eigenvalue weighted by molar-refractivity contribution is -0.131. The van der Waals surface area contributed by atoms with E-state index in [-0.39, 0.29) is 17.8 Å². The second kappa shape index (κ2) is 7.34. The normalized spacial score (nSPS) is 18.1. The predicted molar refractivity (Wildman–Crippen MR) is 103 cm³/mol. The molecule has 9 nitrogen and oxygen atoms in total. The minimum Gasteiger partial charge on any atom is -0.351 e. The Morgan fingerprint density at radius 1 is 1.36 bits per heavy atom. The first-order chi connectivity index (χ1) is 13.5. The largest absolute Gasteiger partial charge is 0.351 e. The van der Waals surface area contributed by atoms with Crippen molar-refractivity contribution in [3.05, 3.63) is 23.5 Å². The molecule has 1 spiro atoms. The molecule has 2 fully saturated rings. The highest BCUT2D eigenvalue weighted by atomic mass is 32.1. The van der Waals surface area contributed by atoms with E-state index >= 15 is 0 Å². The average molecular weight is 402 g/mol. The molecular weight excluding hydrogens is 380 g/mol. The lowest BCUT2D eigenvalue weighted by Gasteiger charge is -2.20. The third kappa shape index (κ3) is 3.39. The number of hydrogen-bond donors (Lipinski definition) is 2. The summed E-state index contributed by atoms with van der Waals surface area (Å²) in [6.45, 7) is 0.660. The minimum absolute atomic E-state index is 0.123. The minimum atomic E-state index is -0.677. The Labute approximate surface area is 166 Å². The molecule has 1 aliphatic heterocycles. The quantitative estimate of drug-likeness (QED) is 0.563. The van der Waals surface area contributed by atoms with E-state index in [0.717, 1.165) is 23.4 Å². The molecule has 1 aliphatic carbocycles. The number of rotatable bonds is 6. The van der Waals surface area contributed by atoms with Crippen LogP contribution >= 0.6 is 11.3 Å². The van der Waals surface area contributed by atoms with E-state index < -0.39 is 5.54 Å². The van der Waals surface area contributed by atoms with Crippen LogP contribution in [0.3, 0.4) is 0 Å². The second-order valence-corrected chi connectivity index (χ2v) is 8.08. The van der Waals surface area contributed by atoms with Crippen LogP contribution in [0.25, 0.3) is 10.6 Å². The molecule has 0 atom stereocenters. The Balaban J connectivity index is 1.26. The van der Waals surface area contributed by atoms with Crippen LogP contribution in [0.2, 0.25) is 0 Å². The second-order valence-electron chi connectivity index (χ2n) is 7.23. The van der Waals surface area contributed by atoms with Gasteiger partial charge in [0.25, 0.3) is 11.8 Å². The van der Waals surface area contributed by atoms with Gasteiger partial charge in [-0.3, -0.25) is 19.2 Å². The van der Waals surface area contributed by atoms with Gasteiger partial charge in [0.2, 0.25) is 0 Å². The summed E-state index contributed by atoms with van der Waals surface area (Å²) < 4.78 is 1.68. The number of nitrogens with zero attached hydrogens (tertiary/aromatic N) is 4. The van der Waals surface area contributed by atoms with Crippen LogP contribution in [0.5, 0.6) is 0 Å². The van der Waals surface area contributed by atoms with E-state index in [1.807, 2.05) is 13.2 Å². The van der Waals surface area contributed by atoms with Gasteiger partial charge in [-0.25, -0.2) is 9.78 Å². The predicted octanol–water partition coefficient (Wildman–Crippen LogP) is 1.53. The van der Waals surface area contributed by atoms with Crippen molar-refractivity contribution >= 4 is 29.2 Å². The van der Waals surface area contributed by atoms with Crippen LogP contribution in [0.1, 0.15) is 42.6 Å². The van der Waals surface area contributed by atoms with Gasteiger partial charge in [0, 0.05) is 37.3 Å². The van der Waals surface area contributed by atoms with E-state index in [9.17, 15) is 14.4 Å². The molecular formula is C18H22N6O3S. The summed E-state index contributed by atoms with van der Waals surface area (Å²) in [5, 5.41) is 12.2. The number of carbonyl (C=O) groups is 3. The third-order valence-corrected chi connectivity index (χ3v) is 6.13. The maximum Gasteiger partial charge on any atom is 0.325 e. The Hall–Kier alpha value is -2.75. The van der Waals surface area contributed by atoms with Gasteiger partial charge >= 0.3 is 6.03 Å². The molecule has 0 aromatic carbocycles. The molecule has 0 radical (unpaired) electrons. The summed E-state index contributed by atoms with van der Waals surface area (Å²) in [6.07, 6.45) is 7.41. The van der Waals surface area contributed by atoms with Crippen molar-refractivity contribution in [3.63, 3.8) is 0 Å². The van der Waals surface area contributed by atoms with Crippen LogP contribution in [0.4, 0.5) is 4.79 Å². The van der Waals surface area contributed by atoms with E-state index in [4.69, 9.17) is 0 Å². The van der Waals surface area contributed by atoms with Gasteiger partial charge in [0.15, 0.2) is 0 Å². The summed E-state index contributed by atoms with van der Waals surface area (Å²) in [5.41, 5.74) is 0.540. The number of urea groups is 1. The maximum absolute atomic E-state index is 12.6. The van der Waals surface area contributed by atoms with E-state index in [1.165, 1.54) is 16.2 Å². The molecule has 2 aromatic heterocycles. The summed E-state index contributed by atoms with van der Waals surface area (Å²) in [5.74, 6) is -0.391. The zero-order chi connectivity index (χ0) is 19.7. The smallest absolute Gasteiger partial charge is 0.325 e.